The van der Waals surface area contributed by atoms with E-state index in [0.717, 1.165) is 24.1 Å². The molecule has 1 aromatic heterocycles. The predicted octanol–water partition coefficient (Wildman–Crippen LogP) is 4.09. The smallest absolute Gasteiger partial charge is 0.408 e. The molecule has 1 saturated carbocycles. The molecule has 1 amide bonds. The quantitative estimate of drug-likeness (QED) is 0.876. The minimum Gasteiger partial charge on any atom is -0.446 e. The Balaban J connectivity index is 1.53. The molecule has 6 heteroatoms. The molecule has 6 nitrogen and oxygen atoms in total. The highest BCUT2D eigenvalue weighted by atomic mass is 16.6. The molecule has 0 saturated heterocycles. The maximum absolute atomic E-state index is 12.2. The zero-order valence-electron chi connectivity index (χ0n) is 15.8. The van der Waals surface area contributed by atoms with Crippen molar-refractivity contribution in [2.75, 3.05) is 0 Å². The van der Waals surface area contributed by atoms with Crippen molar-refractivity contribution in [2.24, 2.45) is 17.8 Å². The lowest BCUT2D eigenvalue weighted by atomic mass is 9.75. The van der Waals surface area contributed by atoms with Gasteiger partial charge in [-0.1, -0.05) is 62.7 Å². The summed E-state index contributed by atoms with van der Waals surface area (Å²) in [6, 6.07) is 9.83. The Bertz CT molecular complexity index is 714. The van der Waals surface area contributed by atoms with E-state index in [9.17, 15) is 4.79 Å². The van der Waals surface area contributed by atoms with Crippen LogP contribution in [0, 0.1) is 17.8 Å². The van der Waals surface area contributed by atoms with Crippen molar-refractivity contribution < 1.29 is 9.53 Å². The van der Waals surface area contributed by atoms with Gasteiger partial charge in [-0.2, -0.15) is 0 Å². The van der Waals surface area contributed by atoms with Gasteiger partial charge in [0.25, 0.3) is 0 Å². The summed E-state index contributed by atoms with van der Waals surface area (Å²) in [5, 5.41) is 11.0. The molecule has 1 aliphatic carbocycles. The van der Waals surface area contributed by atoms with E-state index in [-0.39, 0.29) is 18.9 Å². The van der Waals surface area contributed by atoms with Crippen LogP contribution >= 0.6 is 0 Å². The normalized spacial score (nSPS) is 23.0. The third kappa shape index (κ3) is 4.62. The number of aromatic nitrogens is 3. The number of carbonyl (C=O) groups excluding carboxylic acids is 1. The summed E-state index contributed by atoms with van der Waals surface area (Å²) in [6.45, 7) is 6.88. The summed E-state index contributed by atoms with van der Waals surface area (Å²) in [5.74, 6) is 1.56. The molecule has 2 aromatic rings. The molecule has 1 heterocycles. The van der Waals surface area contributed by atoms with Gasteiger partial charge < -0.3 is 10.1 Å². The van der Waals surface area contributed by atoms with Crippen LogP contribution in [0.2, 0.25) is 0 Å². The molecule has 1 aromatic carbocycles. The number of carbonyl (C=O) groups is 1. The Kier molecular flexibility index (Phi) is 5.91. The second kappa shape index (κ2) is 8.34. The molecule has 3 rings (SSSR count). The van der Waals surface area contributed by atoms with Crippen LogP contribution in [-0.4, -0.2) is 27.2 Å². The zero-order valence-corrected chi connectivity index (χ0v) is 15.8. The van der Waals surface area contributed by atoms with Crippen molar-refractivity contribution >= 4 is 6.09 Å². The summed E-state index contributed by atoms with van der Waals surface area (Å²) in [5.41, 5.74) is 1.78. The molecule has 0 bridgehead atoms. The maximum atomic E-state index is 12.2. The fourth-order valence-electron chi connectivity index (χ4n) is 3.69. The lowest BCUT2D eigenvalue weighted by molar-refractivity contribution is 0.00521. The van der Waals surface area contributed by atoms with Crippen LogP contribution < -0.4 is 5.32 Å². The van der Waals surface area contributed by atoms with Gasteiger partial charge in [-0.25, -0.2) is 9.48 Å². The molecule has 0 spiro atoms. The summed E-state index contributed by atoms with van der Waals surface area (Å²) in [6.07, 6.45) is 4.71. The van der Waals surface area contributed by atoms with Crippen LogP contribution in [0.4, 0.5) is 4.79 Å². The number of alkyl carbamates (subject to hydrolysis) is 1. The molecular formula is C20H28N4O2. The van der Waals surface area contributed by atoms with Gasteiger partial charge in [0.15, 0.2) is 0 Å². The highest BCUT2D eigenvalue weighted by Crippen LogP contribution is 2.35. The maximum Gasteiger partial charge on any atom is 0.408 e. The lowest BCUT2D eigenvalue weighted by Gasteiger charge is -2.36. The monoisotopic (exact) mass is 356 g/mol. The topological polar surface area (TPSA) is 69.0 Å². The molecule has 26 heavy (non-hydrogen) atoms. The number of rotatable bonds is 5. The van der Waals surface area contributed by atoms with E-state index in [1.54, 1.807) is 4.68 Å². The van der Waals surface area contributed by atoms with Gasteiger partial charge in [-0.05, 0) is 30.6 Å². The Morgan fingerprint density at radius 2 is 2.08 bits per heavy atom. The summed E-state index contributed by atoms with van der Waals surface area (Å²) in [4.78, 5) is 12.2. The Morgan fingerprint density at radius 1 is 1.31 bits per heavy atom. The van der Waals surface area contributed by atoms with Gasteiger partial charge >= 0.3 is 6.09 Å². The van der Waals surface area contributed by atoms with Crippen molar-refractivity contribution in [1.29, 1.82) is 0 Å². The average molecular weight is 356 g/mol. The Labute approximate surface area is 154 Å². The third-order valence-electron chi connectivity index (χ3n) is 5.21. The van der Waals surface area contributed by atoms with Crippen molar-refractivity contribution in [3.8, 4) is 11.3 Å². The number of nitrogens with zero attached hydrogens (tertiary/aromatic N) is 3. The van der Waals surface area contributed by atoms with E-state index in [1.807, 2.05) is 36.5 Å². The first-order chi connectivity index (χ1) is 12.5. The van der Waals surface area contributed by atoms with Crippen LogP contribution in [0.5, 0.6) is 0 Å². The highest BCUT2D eigenvalue weighted by molar-refractivity contribution is 5.67. The molecule has 1 N–H and O–H groups in total. The zero-order chi connectivity index (χ0) is 18.5. The minimum atomic E-state index is -0.383. The van der Waals surface area contributed by atoms with Gasteiger partial charge in [0.1, 0.15) is 18.5 Å². The van der Waals surface area contributed by atoms with E-state index in [0.29, 0.717) is 17.8 Å². The Morgan fingerprint density at radius 3 is 2.81 bits per heavy atom. The first kappa shape index (κ1) is 18.4. The van der Waals surface area contributed by atoms with Gasteiger partial charge in [-0.3, -0.25) is 0 Å². The number of amides is 1. The van der Waals surface area contributed by atoms with E-state index in [4.69, 9.17) is 4.74 Å². The predicted molar refractivity (Wildman–Crippen MR) is 100 cm³/mol. The molecule has 140 valence electrons. The van der Waals surface area contributed by atoms with Crippen LogP contribution in [0.25, 0.3) is 11.3 Å². The molecule has 0 aliphatic heterocycles. The third-order valence-corrected chi connectivity index (χ3v) is 5.21. The van der Waals surface area contributed by atoms with Crippen molar-refractivity contribution in [3.63, 3.8) is 0 Å². The van der Waals surface area contributed by atoms with Crippen molar-refractivity contribution in [2.45, 2.75) is 52.8 Å². The van der Waals surface area contributed by atoms with Crippen LogP contribution in [-0.2, 0) is 11.4 Å². The largest absolute Gasteiger partial charge is 0.446 e. The van der Waals surface area contributed by atoms with Gasteiger partial charge in [0.05, 0.1) is 6.20 Å². The first-order valence-corrected chi connectivity index (χ1v) is 9.43. The van der Waals surface area contributed by atoms with Crippen molar-refractivity contribution in [3.05, 3.63) is 36.5 Å². The first-order valence-electron chi connectivity index (χ1n) is 9.43. The number of nitrogens with one attached hydrogen (secondary N) is 1. The molecule has 0 radical (unpaired) electrons. The van der Waals surface area contributed by atoms with Gasteiger partial charge in [-0.15, -0.1) is 5.10 Å². The molecule has 3 unspecified atom stereocenters. The van der Waals surface area contributed by atoms with Crippen LogP contribution in [0.1, 0.15) is 40.0 Å². The molecule has 1 aliphatic rings. The minimum absolute atomic E-state index is 0.00521. The van der Waals surface area contributed by atoms with Crippen LogP contribution in [0.15, 0.2) is 36.5 Å². The van der Waals surface area contributed by atoms with Crippen LogP contribution in [0.3, 0.4) is 0 Å². The number of hydrogen-bond donors (Lipinski definition) is 1. The second-order valence-electron chi connectivity index (χ2n) is 7.61. The Hall–Kier alpha value is -2.37. The highest BCUT2D eigenvalue weighted by Gasteiger charge is 2.33. The number of hydrogen-bond acceptors (Lipinski definition) is 4. The fourth-order valence-corrected chi connectivity index (χ4v) is 3.69. The van der Waals surface area contributed by atoms with E-state index in [2.05, 4.69) is 36.4 Å². The lowest BCUT2D eigenvalue weighted by Crippen LogP contribution is -2.39. The summed E-state index contributed by atoms with van der Waals surface area (Å²) in [7, 11) is 0. The van der Waals surface area contributed by atoms with E-state index >= 15 is 0 Å². The fraction of sp³-hybridized carbons (Fsp3) is 0.550. The second-order valence-corrected chi connectivity index (χ2v) is 7.61. The molecular weight excluding hydrogens is 328 g/mol. The van der Waals surface area contributed by atoms with Gasteiger partial charge in [0, 0.05) is 5.56 Å². The molecule has 3 atom stereocenters. The number of benzene rings is 1. The van der Waals surface area contributed by atoms with E-state index < -0.39 is 0 Å². The SMILES string of the molecule is CC1CCC(C(C)C)C(OC(=O)NCn2cc(-c3ccccc3)nn2)C1. The van der Waals surface area contributed by atoms with E-state index in [1.165, 1.54) is 6.42 Å². The summed E-state index contributed by atoms with van der Waals surface area (Å²) < 4.78 is 7.34. The average Bonchev–Trinajstić information content (AvgIpc) is 3.09. The van der Waals surface area contributed by atoms with Gasteiger partial charge in [0.2, 0.25) is 0 Å². The number of ether oxygens (including phenoxy) is 1. The standard InChI is InChI=1S/C20H28N4O2/c1-14(2)17-10-9-15(3)11-19(17)26-20(25)21-13-24-12-18(22-23-24)16-7-5-4-6-8-16/h4-8,12,14-15,17,19H,9-11,13H2,1-3H3,(H,21,25). The van der Waals surface area contributed by atoms with Crippen molar-refractivity contribution in [1.82, 2.24) is 20.3 Å². The summed E-state index contributed by atoms with van der Waals surface area (Å²) >= 11 is 0. The molecule has 1 fully saturated rings.